The van der Waals surface area contributed by atoms with Crippen LogP contribution in [0.25, 0.3) is 0 Å². The van der Waals surface area contributed by atoms with Gasteiger partial charge in [0.1, 0.15) is 11.6 Å². The molecule has 0 spiro atoms. The molecule has 6 heteroatoms. The fraction of sp³-hybridized carbons (Fsp3) is 0.231. The van der Waals surface area contributed by atoms with Crippen molar-refractivity contribution in [3.05, 3.63) is 46.9 Å². The Labute approximate surface area is 109 Å². The fourth-order valence-corrected chi connectivity index (χ4v) is 1.56. The highest BCUT2D eigenvalue weighted by Crippen LogP contribution is 2.12. The lowest BCUT2D eigenvalue weighted by atomic mass is 10.2. The summed E-state index contributed by atoms with van der Waals surface area (Å²) < 4.78 is 18.3. The summed E-state index contributed by atoms with van der Waals surface area (Å²) in [6.07, 6.45) is 0. The smallest absolute Gasteiger partial charge is 0.251 e. The molecule has 1 amide bonds. The van der Waals surface area contributed by atoms with Crippen molar-refractivity contribution in [1.29, 1.82) is 0 Å². The molecule has 3 N–H and O–H groups in total. The second-order valence-electron chi connectivity index (χ2n) is 4.17. The Morgan fingerprint density at radius 3 is 2.79 bits per heavy atom. The number of nitrogen functional groups attached to an aromatic ring is 1. The van der Waals surface area contributed by atoms with Crippen molar-refractivity contribution in [1.82, 2.24) is 10.3 Å². The summed E-state index contributed by atoms with van der Waals surface area (Å²) in [4.78, 5) is 16.0. The number of anilines is 1. The number of benzene rings is 1. The zero-order valence-corrected chi connectivity index (χ0v) is 10.7. The van der Waals surface area contributed by atoms with E-state index >= 15 is 0 Å². The van der Waals surface area contributed by atoms with Crippen LogP contribution in [0.2, 0.25) is 0 Å². The van der Waals surface area contributed by atoms with E-state index in [1.807, 2.05) is 6.92 Å². The van der Waals surface area contributed by atoms with Gasteiger partial charge in [0.25, 0.3) is 5.91 Å². The normalized spacial score (nSPS) is 10.5. The molecule has 100 valence electrons. The van der Waals surface area contributed by atoms with Gasteiger partial charge in [-0.1, -0.05) is 0 Å². The van der Waals surface area contributed by atoms with Crippen molar-refractivity contribution in [2.45, 2.75) is 20.4 Å². The van der Waals surface area contributed by atoms with Crippen LogP contribution in [-0.4, -0.2) is 10.9 Å². The number of hydrogen-bond donors (Lipinski definition) is 2. The van der Waals surface area contributed by atoms with E-state index in [4.69, 9.17) is 10.2 Å². The van der Waals surface area contributed by atoms with Crippen LogP contribution < -0.4 is 11.1 Å². The zero-order valence-electron chi connectivity index (χ0n) is 10.7. The third-order valence-corrected chi connectivity index (χ3v) is 2.73. The molecule has 0 fully saturated rings. The molecule has 5 nitrogen and oxygen atoms in total. The molecule has 0 saturated carbocycles. The van der Waals surface area contributed by atoms with Crippen molar-refractivity contribution in [3.8, 4) is 0 Å². The molecule has 1 heterocycles. The van der Waals surface area contributed by atoms with E-state index in [1.165, 1.54) is 12.1 Å². The summed E-state index contributed by atoms with van der Waals surface area (Å²) in [7, 11) is 0. The first-order chi connectivity index (χ1) is 8.97. The van der Waals surface area contributed by atoms with E-state index in [0.29, 0.717) is 11.5 Å². The van der Waals surface area contributed by atoms with E-state index in [0.717, 1.165) is 17.5 Å². The van der Waals surface area contributed by atoms with Gasteiger partial charge >= 0.3 is 0 Å². The van der Waals surface area contributed by atoms with Gasteiger partial charge in [-0.05, 0) is 32.0 Å². The molecule has 0 unspecified atom stereocenters. The lowest BCUT2D eigenvalue weighted by molar-refractivity contribution is 0.0947. The van der Waals surface area contributed by atoms with E-state index in [-0.39, 0.29) is 18.1 Å². The average Bonchev–Trinajstić information content (AvgIpc) is 2.69. The topological polar surface area (TPSA) is 81.2 Å². The van der Waals surface area contributed by atoms with Gasteiger partial charge in [0.15, 0.2) is 0 Å². The molecule has 0 atom stereocenters. The second kappa shape index (κ2) is 5.09. The summed E-state index contributed by atoms with van der Waals surface area (Å²) in [5.74, 6) is 0.240. The molecule has 19 heavy (non-hydrogen) atoms. The number of oxazole rings is 1. The number of nitrogens with two attached hydrogens (primary N) is 1. The zero-order chi connectivity index (χ0) is 14.0. The summed E-state index contributed by atoms with van der Waals surface area (Å²) in [6, 6.07) is 3.81. The van der Waals surface area contributed by atoms with Crippen molar-refractivity contribution < 1.29 is 13.6 Å². The van der Waals surface area contributed by atoms with Crippen molar-refractivity contribution >= 4 is 11.6 Å². The number of aryl methyl sites for hydroxylation is 2. The Balaban J connectivity index is 2.03. The maximum atomic E-state index is 13.0. The molecule has 2 aromatic rings. The first-order valence-corrected chi connectivity index (χ1v) is 5.73. The summed E-state index contributed by atoms with van der Waals surface area (Å²) >= 11 is 0. The molecular weight excluding hydrogens is 249 g/mol. The largest absolute Gasteiger partial charge is 0.444 e. The number of amides is 1. The predicted octanol–water partition coefficient (Wildman–Crippen LogP) is 1.94. The maximum absolute atomic E-state index is 13.0. The highest BCUT2D eigenvalue weighted by atomic mass is 19.1. The van der Waals surface area contributed by atoms with Gasteiger partial charge in [-0.25, -0.2) is 9.37 Å². The quantitative estimate of drug-likeness (QED) is 0.829. The van der Waals surface area contributed by atoms with Gasteiger partial charge < -0.3 is 15.5 Å². The van der Waals surface area contributed by atoms with E-state index in [9.17, 15) is 9.18 Å². The molecule has 2 rings (SSSR count). The van der Waals surface area contributed by atoms with Crippen LogP contribution in [0.1, 0.15) is 27.7 Å². The minimum absolute atomic E-state index is 0.0598. The van der Waals surface area contributed by atoms with Gasteiger partial charge in [-0.3, -0.25) is 4.79 Å². The lowest BCUT2D eigenvalue weighted by Gasteiger charge is -2.04. The van der Waals surface area contributed by atoms with Gasteiger partial charge in [-0.15, -0.1) is 0 Å². The van der Waals surface area contributed by atoms with E-state index in [2.05, 4.69) is 10.3 Å². The number of nitrogens with one attached hydrogen (secondary N) is 1. The number of rotatable bonds is 3. The second-order valence-corrected chi connectivity index (χ2v) is 4.17. The van der Waals surface area contributed by atoms with Gasteiger partial charge in [-0.2, -0.15) is 0 Å². The van der Waals surface area contributed by atoms with Crippen LogP contribution in [0.3, 0.4) is 0 Å². The number of carbonyl (C=O) groups is 1. The van der Waals surface area contributed by atoms with Crippen molar-refractivity contribution in [3.63, 3.8) is 0 Å². The molecule has 0 aliphatic carbocycles. The Kier molecular flexibility index (Phi) is 3.50. The van der Waals surface area contributed by atoms with Gasteiger partial charge in [0, 0.05) is 5.56 Å². The number of halogens is 1. The molecular formula is C13H14FN3O2. The first-order valence-electron chi connectivity index (χ1n) is 5.73. The van der Waals surface area contributed by atoms with Gasteiger partial charge in [0.2, 0.25) is 5.89 Å². The molecule has 0 saturated heterocycles. The molecule has 0 aliphatic heterocycles. The summed E-state index contributed by atoms with van der Waals surface area (Å²) in [5, 5.41) is 2.63. The van der Waals surface area contributed by atoms with Crippen LogP contribution in [0, 0.1) is 19.7 Å². The van der Waals surface area contributed by atoms with Crippen LogP contribution >= 0.6 is 0 Å². The predicted molar refractivity (Wildman–Crippen MR) is 68.0 cm³/mol. The maximum Gasteiger partial charge on any atom is 0.251 e. The number of nitrogens with zero attached hydrogens (tertiary/aromatic N) is 1. The van der Waals surface area contributed by atoms with E-state index < -0.39 is 5.82 Å². The van der Waals surface area contributed by atoms with Crippen molar-refractivity contribution in [2.75, 3.05) is 5.73 Å². The molecule has 1 aromatic heterocycles. The number of carbonyl (C=O) groups excluding carboxylic acids is 1. The molecule has 0 aliphatic rings. The number of hydrogen-bond acceptors (Lipinski definition) is 4. The Morgan fingerprint density at radius 2 is 2.21 bits per heavy atom. The van der Waals surface area contributed by atoms with E-state index in [1.54, 1.807) is 6.92 Å². The van der Waals surface area contributed by atoms with Crippen LogP contribution in [-0.2, 0) is 6.54 Å². The molecule has 0 bridgehead atoms. The highest BCUT2D eigenvalue weighted by molar-refractivity contribution is 5.94. The van der Waals surface area contributed by atoms with Crippen LogP contribution in [0.4, 0.5) is 10.1 Å². The minimum atomic E-state index is -0.546. The van der Waals surface area contributed by atoms with Crippen LogP contribution in [0.5, 0.6) is 0 Å². The SMILES string of the molecule is Cc1nc(CNC(=O)c2ccc(F)c(N)c2)oc1C. The van der Waals surface area contributed by atoms with Gasteiger partial charge in [0.05, 0.1) is 17.9 Å². The van der Waals surface area contributed by atoms with Crippen molar-refractivity contribution in [2.24, 2.45) is 0 Å². The third kappa shape index (κ3) is 2.90. The fourth-order valence-electron chi connectivity index (χ4n) is 1.56. The minimum Gasteiger partial charge on any atom is -0.444 e. The summed E-state index contributed by atoms with van der Waals surface area (Å²) in [5.41, 5.74) is 6.42. The standard InChI is InChI=1S/C13H14FN3O2/c1-7-8(2)19-12(17-7)6-16-13(18)9-3-4-10(14)11(15)5-9/h3-5H,6,15H2,1-2H3,(H,16,18). The first kappa shape index (κ1) is 13.1. The Morgan fingerprint density at radius 1 is 1.47 bits per heavy atom. The summed E-state index contributed by atoms with van der Waals surface area (Å²) in [6.45, 7) is 3.80. The Hall–Kier alpha value is -2.37. The Bertz CT molecular complexity index is 603. The molecule has 1 aromatic carbocycles. The highest BCUT2D eigenvalue weighted by Gasteiger charge is 2.10. The molecule has 0 radical (unpaired) electrons. The van der Waals surface area contributed by atoms with Crippen LogP contribution in [0.15, 0.2) is 22.6 Å². The lowest BCUT2D eigenvalue weighted by Crippen LogP contribution is -2.23. The monoisotopic (exact) mass is 263 g/mol. The number of aromatic nitrogens is 1. The third-order valence-electron chi connectivity index (χ3n) is 2.73. The average molecular weight is 263 g/mol.